The first-order valence-electron chi connectivity index (χ1n) is 3.83. The van der Waals surface area contributed by atoms with Crippen LogP contribution >= 0.6 is 11.6 Å². The standard InChI is InChI=1S/C10H9ClO2/c1-6(12)8-3-9(7(2)13)5-10(11)4-8/h3-5H,1-2H3. The Morgan fingerprint density at radius 2 is 1.38 bits per heavy atom. The van der Waals surface area contributed by atoms with Crippen LogP contribution in [-0.2, 0) is 0 Å². The summed E-state index contributed by atoms with van der Waals surface area (Å²) in [4.78, 5) is 22.0. The Morgan fingerprint density at radius 3 is 1.69 bits per heavy atom. The molecule has 1 aromatic carbocycles. The Bertz CT molecular complexity index is 337. The second-order valence-electron chi connectivity index (χ2n) is 2.84. The number of ketones is 2. The predicted octanol–water partition coefficient (Wildman–Crippen LogP) is 2.75. The van der Waals surface area contributed by atoms with Gasteiger partial charge in [0.15, 0.2) is 11.6 Å². The van der Waals surface area contributed by atoms with Gasteiger partial charge in [0.05, 0.1) is 0 Å². The van der Waals surface area contributed by atoms with E-state index in [1.54, 1.807) is 18.2 Å². The monoisotopic (exact) mass is 196 g/mol. The molecule has 1 rings (SSSR count). The third kappa shape index (κ3) is 2.39. The van der Waals surface area contributed by atoms with E-state index in [2.05, 4.69) is 0 Å². The Hall–Kier alpha value is -1.15. The van der Waals surface area contributed by atoms with Crippen LogP contribution in [-0.4, -0.2) is 11.6 Å². The van der Waals surface area contributed by atoms with Crippen LogP contribution in [0.15, 0.2) is 18.2 Å². The van der Waals surface area contributed by atoms with Crippen molar-refractivity contribution in [1.29, 1.82) is 0 Å². The van der Waals surface area contributed by atoms with E-state index in [0.717, 1.165) is 0 Å². The van der Waals surface area contributed by atoms with Crippen molar-refractivity contribution in [1.82, 2.24) is 0 Å². The first kappa shape index (κ1) is 9.93. The molecule has 1 aromatic rings. The third-order valence-electron chi connectivity index (χ3n) is 1.71. The van der Waals surface area contributed by atoms with Gasteiger partial charge in [0, 0.05) is 16.1 Å². The van der Waals surface area contributed by atoms with E-state index < -0.39 is 0 Å². The molecule has 0 radical (unpaired) electrons. The number of rotatable bonds is 2. The number of Topliss-reactive ketones (excluding diaryl/α,β-unsaturated/α-hetero) is 2. The highest BCUT2D eigenvalue weighted by atomic mass is 35.5. The molecule has 0 aliphatic rings. The van der Waals surface area contributed by atoms with Crippen molar-refractivity contribution in [3.63, 3.8) is 0 Å². The number of halogens is 1. The van der Waals surface area contributed by atoms with Crippen LogP contribution < -0.4 is 0 Å². The molecular formula is C10H9ClO2. The van der Waals surface area contributed by atoms with Crippen molar-refractivity contribution >= 4 is 23.2 Å². The lowest BCUT2D eigenvalue weighted by Gasteiger charge is -2.00. The minimum atomic E-state index is -0.0926. The summed E-state index contributed by atoms with van der Waals surface area (Å²) in [6.07, 6.45) is 0. The number of carbonyl (C=O) groups excluding carboxylic acids is 2. The van der Waals surface area contributed by atoms with E-state index in [1.165, 1.54) is 13.8 Å². The molecule has 0 saturated heterocycles. The quantitative estimate of drug-likeness (QED) is 0.682. The smallest absolute Gasteiger partial charge is 0.159 e. The highest BCUT2D eigenvalue weighted by molar-refractivity contribution is 6.31. The van der Waals surface area contributed by atoms with Crippen molar-refractivity contribution in [2.24, 2.45) is 0 Å². The highest BCUT2D eigenvalue weighted by Crippen LogP contribution is 2.15. The molecule has 0 heterocycles. The molecule has 0 bridgehead atoms. The van der Waals surface area contributed by atoms with Crippen molar-refractivity contribution in [2.75, 3.05) is 0 Å². The molecule has 0 aliphatic heterocycles. The minimum Gasteiger partial charge on any atom is -0.295 e. The van der Waals surface area contributed by atoms with Gasteiger partial charge in [-0.1, -0.05) is 11.6 Å². The Kier molecular flexibility index (Phi) is 2.83. The fraction of sp³-hybridized carbons (Fsp3) is 0.200. The maximum atomic E-state index is 11.0. The van der Waals surface area contributed by atoms with Crippen LogP contribution in [0.4, 0.5) is 0 Å². The zero-order valence-electron chi connectivity index (χ0n) is 7.43. The molecule has 0 saturated carbocycles. The van der Waals surface area contributed by atoms with Crippen LogP contribution in [0.1, 0.15) is 34.6 Å². The van der Waals surface area contributed by atoms with Crippen LogP contribution in [0.3, 0.4) is 0 Å². The molecule has 3 heteroatoms. The molecular weight excluding hydrogens is 188 g/mol. The fourth-order valence-corrected chi connectivity index (χ4v) is 1.23. The zero-order valence-corrected chi connectivity index (χ0v) is 8.18. The molecule has 68 valence electrons. The van der Waals surface area contributed by atoms with Crippen LogP contribution in [0, 0.1) is 0 Å². The summed E-state index contributed by atoms with van der Waals surface area (Å²) >= 11 is 5.73. The molecule has 0 aromatic heterocycles. The van der Waals surface area contributed by atoms with Crippen LogP contribution in [0.25, 0.3) is 0 Å². The van der Waals surface area contributed by atoms with Gasteiger partial charge in [-0.25, -0.2) is 0 Å². The summed E-state index contributed by atoms with van der Waals surface area (Å²) < 4.78 is 0. The molecule has 0 spiro atoms. The summed E-state index contributed by atoms with van der Waals surface area (Å²) in [7, 11) is 0. The normalized spacial score (nSPS) is 9.77. The van der Waals surface area contributed by atoms with Crippen molar-refractivity contribution in [3.8, 4) is 0 Å². The average molecular weight is 197 g/mol. The van der Waals surface area contributed by atoms with Gasteiger partial charge in [-0.3, -0.25) is 9.59 Å². The summed E-state index contributed by atoms with van der Waals surface area (Å²) in [5.74, 6) is -0.185. The van der Waals surface area contributed by atoms with Gasteiger partial charge in [0.25, 0.3) is 0 Å². The Morgan fingerprint density at radius 1 is 1.00 bits per heavy atom. The summed E-state index contributed by atoms with van der Waals surface area (Å²) in [5.41, 5.74) is 0.940. The van der Waals surface area contributed by atoms with Gasteiger partial charge in [0.2, 0.25) is 0 Å². The van der Waals surface area contributed by atoms with E-state index in [9.17, 15) is 9.59 Å². The largest absolute Gasteiger partial charge is 0.295 e. The number of hydrogen-bond acceptors (Lipinski definition) is 2. The molecule has 0 atom stereocenters. The van der Waals surface area contributed by atoms with Gasteiger partial charge in [-0.15, -0.1) is 0 Å². The lowest BCUT2D eigenvalue weighted by Crippen LogP contribution is -1.97. The van der Waals surface area contributed by atoms with Crippen molar-refractivity contribution < 1.29 is 9.59 Å². The van der Waals surface area contributed by atoms with Gasteiger partial charge >= 0.3 is 0 Å². The highest BCUT2D eigenvalue weighted by Gasteiger charge is 2.06. The van der Waals surface area contributed by atoms with Crippen LogP contribution in [0.2, 0.25) is 5.02 Å². The average Bonchev–Trinajstić information content (AvgIpc) is 2.03. The SMILES string of the molecule is CC(=O)c1cc(Cl)cc(C(C)=O)c1. The van der Waals surface area contributed by atoms with Crippen molar-refractivity contribution in [3.05, 3.63) is 34.3 Å². The molecule has 0 N–H and O–H groups in total. The maximum absolute atomic E-state index is 11.0. The summed E-state index contributed by atoms with van der Waals surface area (Å²) in [5, 5.41) is 0.415. The van der Waals surface area contributed by atoms with Gasteiger partial charge in [0.1, 0.15) is 0 Å². The topological polar surface area (TPSA) is 34.1 Å². The lowest BCUT2D eigenvalue weighted by molar-refractivity contribution is 0.101. The van der Waals surface area contributed by atoms with Gasteiger partial charge in [-0.05, 0) is 32.0 Å². The third-order valence-corrected chi connectivity index (χ3v) is 1.93. The second kappa shape index (κ2) is 3.71. The number of carbonyl (C=O) groups is 2. The van der Waals surface area contributed by atoms with Crippen molar-refractivity contribution in [2.45, 2.75) is 13.8 Å². The first-order chi connectivity index (χ1) is 6.00. The van der Waals surface area contributed by atoms with Gasteiger partial charge in [-0.2, -0.15) is 0 Å². The summed E-state index contributed by atoms with van der Waals surface area (Å²) in [6, 6.07) is 4.66. The molecule has 2 nitrogen and oxygen atoms in total. The predicted molar refractivity (Wildman–Crippen MR) is 51.5 cm³/mol. The fourth-order valence-electron chi connectivity index (χ4n) is 0.996. The van der Waals surface area contributed by atoms with E-state index in [1.807, 2.05) is 0 Å². The number of benzene rings is 1. The second-order valence-corrected chi connectivity index (χ2v) is 3.28. The Labute approximate surface area is 81.5 Å². The molecule has 0 fully saturated rings. The molecule has 0 amide bonds. The van der Waals surface area contributed by atoms with Gasteiger partial charge < -0.3 is 0 Å². The first-order valence-corrected chi connectivity index (χ1v) is 4.21. The number of hydrogen-bond donors (Lipinski definition) is 0. The summed E-state index contributed by atoms with van der Waals surface area (Å²) in [6.45, 7) is 2.88. The lowest BCUT2D eigenvalue weighted by atomic mass is 10.1. The Balaban J connectivity index is 3.26. The van der Waals surface area contributed by atoms with E-state index in [-0.39, 0.29) is 11.6 Å². The van der Waals surface area contributed by atoms with E-state index >= 15 is 0 Å². The molecule has 13 heavy (non-hydrogen) atoms. The molecule has 0 unspecified atom stereocenters. The minimum absolute atomic E-state index is 0.0926. The zero-order chi connectivity index (χ0) is 10.0. The molecule has 0 aliphatic carbocycles. The van der Waals surface area contributed by atoms with E-state index in [0.29, 0.717) is 16.1 Å². The van der Waals surface area contributed by atoms with E-state index in [4.69, 9.17) is 11.6 Å². The van der Waals surface area contributed by atoms with Crippen LogP contribution in [0.5, 0.6) is 0 Å². The maximum Gasteiger partial charge on any atom is 0.159 e.